The molecule has 12 nitrogen and oxygen atoms in total. The van der Waals surface area contributed by atoms with Crippen molar-refractivity contribution in [2.45, 2.75) is 6.54 Å². The second-order valence-corrected chi connectivity index (χ2v) is 6.65. The van der Waals surface area contributed by atoms with Gasteiger partial charge < -0.3 is 15.2 Å². The molecule has 0 radical (unpaired) electrons. The van der Waals surface area contributed by atoms with Gasteiger partial charge in [-0.1, -0.05) is 28.4 Å². The SMILES string of the molecule is O=C(NCCNC(=O)c1nc(Cn2cc(Cl)cn2)no1)c1ccc(Cl)c([N+](=O)[O-])c1. The lowest BCUT2D eigenvalue weighted by molar-refractivity contribution is -0.384. The van der Waals surface area contributed by atoms with Gasteiger partial charge in [0.2, 0.25) is 0 Å². The van der Waals surface area contributed by atoms with E-state index in [2.05, 4.69) is 25.9 Å². The summed E-state index contributed by atoms with van der Waals surface area (Å²) >= 11 is 11.5. The number of nitrogens with one attached hydrogen (secondary N) is 2. The van der Waals surface area contributed by atoms with Crippen molar-refractivity contribution in [3.63, 3.8) is 0 Å². The van der Waals surface area contributed by atoms with Crippen molar-refractivity contribution in [3.8, 4) is 0 Å². The van der Waals surface area contributed by atoms with Crippen LogP contribution in [0.1, 0.15) is 26.9 Å². The molecule has 2 amide bonds. The van der Waals surface area contributed by atoms with E-state index in [4.69, 9.17) is 27.7 Å². The van der Waals surface area contributed by atoms with Gasteiger partial charge in [-0.2, -0.15) is 10.1 Å². The van der Waals surface area contributed by atoms with Crippen molar-refractivity contribution >= 4 is 40.7 Å². The zero-order valence-corrected chi connectivity index (χ0v) is 16.6. The van der Waals surface area contributed by atoms with Crippen LogP contribution < -0.4 is 10.6 Å². The Balaban J connectivity index is 1.46. The lowest BCUT2D eigenvalue weighted by Gasteiger charge is -2.06. The molecule has 0 spiro atoms. The fraction of sp³-hybridized carbons (Fsp3) is 0.188. The highest BCUT2D eigenvalue weighted by Gasteiger charge is 2.17. The zero-order valence-electron chi connectivity index (χ0n) is 15.0. The van der Waals surface area contributed by atoms with E-state index in [0.717, 1.165) is 6.07 Å². The average Bonchev–Trinajstić information content (AvgIpc) is 3.34. The van der Waals surface area contributed by atoms with Crippen LogP contribution in [-0.2, 0) is 6.54 Å². The molecule has 0 fully saturated rings. The Hall–Kier alpha value is -3.51. The van der Waals surface area contributed by atoms with Crippen LogP contribution in [0.3, 0.4) is 0 Å². The molecule has 0 unspecified atom stereocenters. The Morgan fingerprint density at radius 2 is 1.93 bits per heavy atom. The normalized spacial score (nSPS) is 10.6. The summed E-state index contributed by atoms with van der Waals surface area (Å²) in [5.41, 5.74) is -0.306. The fourth-order valence-electron chi connectivity index (χ4n) is 2.30. The van der Waals surface area contributed by atoms with Crippen molar-refractivity contribution < 1.29 is 19.0 Å². The Labute approximate surface area is 178 Å². The third-order valence-electron chi connectivity index (χ3n) is 3.67. The molecule has 2 heterocycles. The molecule has 0 saturated heterocycles. The van der Waals surface area contributed by atoms with Gasteiger partial charge in [0.25, 0.3) is 11.6 Å². The molecule has 30 heavy (non-hydrogen) atoms. The molecule has 2 aromatic heterocycles. The number of carbonyl (C=O) groups is 2. The first-order valence-corrected chi connectivity index (χ1v) is 9.10. The molecule has 2 N–H and O–H groups in total. The smallest absolute Gasteiger partial charge is 0.316 e. The van der Waals surface area contributed by atoms with Gasteiger partial charge in [0.15, 0.2) is 5.82 Å². The first-order chi connectivity index (χ1) is 14.3. The highest BCUT2D eigenvalue weighted by Crippen LogP contribution is 2.24. The lowest BCUT2D eigenvalue weighted by atomic mass is 10.2. The quantitative estimate of drug-likeness (QED) is 0.296. The summed E-state index contributed by atoms with van der Waals surface area (Å²) in [5, 5.41) is 23.9. The maximum Gasteiger partial charge on any atom is 0.316 e. The Morgan fingerprint density at radius 3 is 2.60 bits per heavy atom. The Kier molecular flexibility index (Phi) is 6.59. The van der Waals surface area contributed by atoms with Gasteiger partial charge in [-0.3, -0.25) is 24.4 Å². The highest BCUT2D eigenvalue weighted by molar-refractivity contribution is 6.32. The maximum atomic E-state index is 12.1. The summed E-state index contributed by atoms with van der Waals surface area (Å²) in [5.74, 6) is -1.19. The molecule has 0 aliphatic rings. The number of nitro groups is 1. The third kappa shape index (κ3) is 5.30. The first kappa shape index (κ1) is 21.2. The number of nitrogens with zero attached hydrogens (tertiary/aromatic N) is 5. The van der Waals surface area contributed by atoms with Gasteiger partial charge in [-0.25, -0.2) is 0 Å². The van der Waals surface area contributed by atoms with Crippen LogP contribution in [-0.4, -0.2) is 49.7 Å². The van der Waals surface area contributed by atoms with E-state index in [0.29, 0.717) is 5.02 Å². The van der Waals surface area contributed by atoms with E-state index in [1.54, 1.807) is 6.20 Å². The van der Waals surface area contributed by atoms with Gasteiger partial charge in [-0.05, 0) is 12.1 Å². The Morgan fingerprint density at radius 1 is 1.20 bits per heavy atom. The van der Waals surface area contributed by atoms with Crippen LogP contribution in [0.5, 0.6) is 0 Å². The highest BCUT2D eigenvalue weighted by atomic mass is 35.5. The topological polar surface area (TPSA) is 158 Å². The first-order valence-electron chi connectivity index (χ1n) is 8.34. The summed E-state index contributed by atoms with van der Waals surface area (Å²) in [4.78, 5) is 38.3. The number of hydrogen-bond donors (Lipinski definition) is 2. The predicted octanol–water partition coefficient (Wildman–Crippen LogP) is 1.69. The molecule has 0 aliphatic heterocycles. The number of halogens is 2. The molecule has 3 aromatic rings. The number of nitro benzene ring substituents is 1. The van der Waals surface area contributed by atoms with Gasteiger partial charge in [-0.15, -0.1) is 0 Å². The van der Waals surface area contributed by atoms with Crippen LogP contribution >= 0.6 is 23.2 Å². The van der Waals surface area contributed by atoms with E-state index >= 15 is 0 Å². The molecular weight excluding hydrogens is 441 g/mol. The lowest BCUT2D eigenvalue weighted by Crippen LogP contribution is -2.34. The molecule has 0 aliphatic carbocycles. The minimum atomic E-state index is -0.682. The number of carbonyl (C=O) groups excluding carboxylic acids is 2. The van der Waals surface area contributed by atoms with Gasteiger partial charge in [0.05, 0.1) is 16.1 Å². The Bertz CT molecular complexity index is 1100. The van der Waals surface area contributed by atoms with Crippen LogP contribution in [0.2, 0.25) is 10.0 Å². The molecule has 14 heteroatoms. The minimum Gasteiger partial charge on any atom is -0.350 e. The number of benzene rings is 1. The number of aromatic nitrogens is 4. The zero-order chi connectivity index (χ0) is 21.7. The molecule has 0 atom stereocenters. The van der Waals surface area contributed by atoms with E-state index in [1.807, 2.05) is 0 Å². The third-order valence-corrected chi connectivity index (χ3v) is 4.18. The van der Waals surface area contributed by atoms with Crippen LogP contribution in [0.15, 0.2) is 35.1 Å². The number of rotatable bonds is 8. The van der Waals surface area contributed by atoms with Crippen molar-refractivity contribution in [1.82, 2.24) is 30.6 Å². The van der Waals surface area contributed by atoms with Gasteiger partial charge >= 0.3 is 11.8 Å². The molecule has 3 rings (SSSR count). The van der Waals surface area contributed by atoms with Gasteiger partial charge in [0, 0.05) is 30.9 Å². The van der Waals surface area contributed by atoms with E-state index in [-0.39, 0.29) is 47.6 Å². The largest absolute Gasteiger partial charge is 0.350 e. The van der Waals surface area contributed by atoms with Crippen molar-refractivity contribution in [1.29, 1.82) is 0 Å². The summed E-state index contributed by atoms with van der Waals surface area (Å²) in [6, 6.07) is 3.69. The van der Waals surface area contributed by atoms with E-state index in [1.165, 1.54) is 23.0 Å². The fourth-order valence-corrected chi connectivity index (χ4v) is 2.65. The summed E-state index contributed by atoms with van der Waals surface area (Å²) in [6.45, 7) is 0.299. The molecule has 0 bridgehead atoms. The summed E-state index contributed by atoms with van der Waals surface area (Å²) in [7, 11) is 0. The van der Waals surface area contributed by atoms with Crippen LogP contribution in [0.25, 0.3) is 0 Å². The van der Waals surface area contributed by atoms with Crippen molar-refractivity contribution in [2.24, 2.45) is 0 Å². The van der Waals surface area contributed by atoms with E-state index in [9.17, 15) is 19.7 Å². The minimum absolute atomic E-state index is 0.0622. The average molecular weight is 454 g/mol. The predicted molar refractivity (Wildman–Crippen MR) is 103 cm³/mol. The van der Waals surface area contributed by atoms with Crippen LogP contribution in [0, 0.1) is 10.1 Å². The maximum absolute atomic E-state index is 12.1. The molecule has 156 valence electrons. The monoisotopic (exact) mass is 453 g/mol. The number of hydrogen-bond acceptors (Lipinski definition) is 8. The van der Waals surface area contributed by atoms with E-state index < -0.39 is 16.7 Å². The standard InChI is InChI=1S/C16H13Cl2N7O5/c17-10-6-21-24(7-10)8-13-22-16(30-23-13)15(27)20-4-3-19-14(26)9-1-2-11(18)12(5-9)25(28)29/h1-2,5-7H,3-4,8H2,(H,19,26)(H,20,27). The molecule has 1 aromatic carbocycles. The molecular formula is C16H13Cl2N7O5. The number of amides is 2. The van der Waals surface area contributed by atoms with Crippen molar-refractivity contribution in [3.05, 3.63) is 68.0 Å². The van der Waals surface area contributed by atoms with Crippen LogP contribution in [0.4, 0.5) is 5.69 Å². The van der Waals surface area contributed by atoms with Gasteiger partial charge in [0.1, 0.15) is 11.6 Å². The molecule has 0 saturated carbocycles. The summed E-state index contributed by atoms with van der Waals surface area (Å²) in [6.07, 6.45) is 3.02. The summed E-state index contributed by atoms with van der Waals surface area (Å²) < 4.78 is 6.37. The van der Waals surface area contributed by atoms with Crippen molar-refractivity contribution in [2.75, 3.05) is 13.1 Å². The second kappa shape index (κ2) is 9.33. The second-order valence-electron chi connectivity index (χ2n) is 5.81.